The normalized spacial score (nSPS) is 13.6. The Hall–Kier alpha value is -2.98. The van der Waals surface area contributed by atoms with E-state index in [0.29, 0.717) is 22.2 Å². The predicted octanol–water partition coefficient (Wildman–Crippen LogP) is 3.71. The lowest BCUT2D eigenvalue weighted by molar-refractivity contribution is -0.148. The number of hydrogen-bond donors (Lipinski definition) is 2. The molecule has 2 unspecified atom stereocenters. The molecule has 0 radical (unpaired) electrons. The van der Waals surface area contributed by atoms with Crippen molar-refractivity contribution in [1.82, 2.24) is 10.3 Å². The number of thiophene rings is 1. The van der Waals surface area contributed by atoms with Gasteiger partial charge in [-0.3, -0.25) is 9.78 Å². The molecule has 2 heterocycles. The van der Waals surface area contributed by atoms with E-state index >= 15 is 0 Å². The average Bonchev–Trinajstić information content (AvgIpc) is 3.22. The van der Waals surface area contributed by atoms with Crippen LogP contribution in [-0.4, -0.2) is 34.6 Å². The number of carbonyl (C=O) groups is 2. The number of para-hydroxylation sites is 1. The number of alkyl halides is 3. The van der Waals surface area contributed by atoms with Gasteiger partial charge in [-0.05, 0) is 19.1 Å². The van der Waals surface area contributed by atoms with E-state index in [1.807, 2.05) is 0 Å². The van der Waals surface area contributed by atoms with Gasteiger partial charge in [0.05, 0.1) is 23.3 Å². The minimum absolute atomic E-state index is 0.0415. The summed E-state index contributed by atoms with van der Waals surface area (Å²) in [6.45, 7) is 1.49. The lowest BCUT2D eigenvalue weighted by Crippen LogP contribution is -2.46. The van der Waals surface area contributed by atoms with Gasteiger partial charge in [0.2, 0.25) is 0 Å². The molecule has 3 rings (SSSR count). The minimum atomic E-state index is -4.73. The van der Waals surface area contributed by atoms with Gasteiger partial charge < -0.3 is 15.2 Å². The van der Waals surface area contributed by atoms with E-state index in [1.54, 1.807) is 30.3 Å². The standard InChI is InChI=1S/C20H17F3N2O4S/c1-2-29-19(28)16(25-18(27)13-9-30-10-14(13)20(21,22)23)17(26)12-7-11-5-3-4-6-15(11)24-8-12/h3-10,16-17,26H,2H2,1H3,(H,25,27). The van der Waals surface area contributed by atoms with Crippen molar-refractivity contribution in [3.63, 3.8) is 0 Å². The maximum atomic E-state index is 13.1. The number of ether oxygens (including phenoxy) is 1. The summed E-state index contributed by atoms with van der Waals surface area (Å²) in [5.41, 5.74) is -0.896. The van der Waals surface area contributed by atoms with Crippen molar-refractivity contribution in [3.8, 4) is 0 Å². The van der Waals surface area contributed by atoms with Crippen molar-refractivity contribution >= 4 is 34.1 Å². The first-order chi connectivity index (χ1) is 14.2. The number of benzene rings is 1. The van der Waals surface area contributed by atoms with Crippen molar-refractivity contribution in [1.29, 1.82) is 0 Å². The molecule has 0 saturated carbocycles. The highest BCUT2D eigenvalue weighted by molar-refractivity contribution is 7.08. The Labute approximate surface area is 173 Å². The second kappa shape index (κ2) is 8.80. The summed E-state index contributed by atoms with van der Waals surface area (Å²) in [6.07, 6.45) is -4.98. The van der Waals surface area contributed by atoms with Crippen molar-refractivity contribution < 1.29 is 32.6 Å². The third-order valence-corrected chi connectivity index (χ3v) is 5.05. The third kappa shape index (κ3) is 4.60. The van der Waals surface area contributed by atoms with E-state index in [1.165, 1.54) is 13.1 Å². The summed E-state index contributed by atoms with van der Waals surface area (Å²) in [4.78, 5) is 29.1. The number of nitrogens with one attached hydrogen (secondary N) is 1. The topological polar surface area (TPSA) is 88.5 Å². The van der Waals surface area contributed by atoms with E-state index in [9.17, 15) is 27.9 Å². The molecule has 6 nitrogen and oxygen atoms in total. The van der Waals surface area contributed by atoms with Gasteiger partial charge in [-0.25, -0.2) is 4.79 Å². The number of fused-ring (bicyclic) bond motifs is 1. The van der Waals surface area contributed by atoms with Crippen LogP contribution in [0.1, 0.15) is 34.5 Å². The van der Waals surface area contributed by atoms with Gasteiger partial charge in [-0.15, -0.1) is 0 Å². The summed E-state index contributed by atoms with van der Waals surface area (Å²) in [5.74, 6) is -2.12. The highest BCUT2D eigenvalue weighted by atomic mass is 32.1. The van der Waals surface area contributed by atoms with Crippen molar-refractivity contribution in [2.45, 2.75) is 25.2 Å². The van der Waals surface area contributed by atoms with Crippen LogP contribution in [0.5, 0.6) is 0 Å². The SMILES string of the molecule is CCOC(=O)C(NC(=O)c1cscc1C(F)(F)F)C(O)c1cnc2ccccc2c1. The summed E-state index contributed by atoms with van der Waals surface area (Å²) in [7, 11) is 0. The second-order valence-electron chi connectivity index (χ2n) is 6.31. The molecule has 2 aromatic heterocycles. The Bertz CT molecular complexity index is 1070. The zero-order valence-electron chi connectivity index (χ0n) is 15.6. The first kappa shape index (κ1) is 21.7. The highest BCUT2D eigenvalue weighted by Gasteiger charge is 2.38. The summed E-state index contributed by atoms with van der Waals surface area (Å²) < 4.78 is 44.2. The van der Waals surface area contributed by atoms with Gasteiger partial charge in [0.15, 0.2) is 6.04 Å². The smallest absolute Gasteiger partial charge is 0.417 e. The number of aliphatic hydroxyl groups is 1. The van der Waals surface area contributed by atoms with Crippen LogP contribution < -0.4 is 5.32 Å². The molecule has 0 fully saturated rings. The Kier molecular flexibility index (Phi) is 6.37. The summed E-state index contributed by atoms with van der Waals surface area (Å²) in [5, 5.41) is 15.4. The maximum absolute atomic E-state index is 13.1. The van der Waals surface area contributed by atoms with Crippen LogP contribution in [0, 0.1) is 0 Å². The van der Waals surface area contributed by atoms with Crippen molar-refractivity contribution in [3.05, 3.63) is 64.0 Å². The largest absolute Gasteiger partial charge is 0.464 e. The van der Waals surface area contributed by atoms with Gasteiger partial charge in [-0.1, -0.05) is 18.2 Å². The Morgan fingerprint density at radius 1 is 1.27 bits per heavy atom. The number of rotatable bonds is 6. The molecule has 0 aliphatic carbocycles. The maximum Gasteiger partial charge on any atom is 0.417 e. The number of esters is 1. The molecule has 158 valence electrons. The monoisotopic (exact) mass is 438 g/mol. The lowest BCUT2D eigenvalue weighted by atomic mass is 10.0. The van der Waals surface area contributed by atoms with Crippen LogP contribution in [0.15, 0.2) is 47.3 Å². The van der Waals surface area contributed by atoms with Crippen LogP contribution in [0.4, 0.5) is 13.2 Å². The molecule has 3 aromatic rings. The first-order valence-electron chi connectivity index (χ1n) is 8.86. The molecule has 2 atom stereocenters. The van der Waals surface area contributed by atoms with Crippen LogP contribution in [0.2, 0.25) is 0 Å². The molecule has 0 aliphatic rings. The summed E-state index contributed by atoms with van der Waals surface area (Å²) >= 11 is 0.704. The van der Waals surface area contributed by atoms with Crippen LogP contribution >= 0.6 is 11.3 Å². The fourth-order valence-electron chi connectivity index (χ4n) is 2.85. The number of aromatic nitrogens is 1. The predicted molar refractivity (Wildman–Crippen MR) is 104 cm³/mol. The van der Waals surface area contributed by atoms with Crippen LogP contribution in [-0.2, 0) is 15.7 Å². The molecule has 0 saturated heterocycles. The fraction of sp³-hybridized carbons (Fsp3) is 0.250. The molecule has 1 aromatic carbocycles. The zero-order chi connectivity index (χ0) is 21.9. The van der Waals surface area contributed by atoms with Gasteiger partial charge in [0.25, 0.3) is 5.91 Å². The molecule has 1 amide bonds. The van der Waals surface area contributed by atoms with E-state index in [2.05, 4.69) is 10.3 Å². The van der Waals surface area contributed by atoms with Gasteiger partial charge in [0.1, 0.15) is 6.10 Å². The fourth-order valence-corrected chi connectivity index (χ4v) is 3.69. The van der Waals surface area contributed by atoms with E-state index in [0.717, 1.165) is 10.8 Å². The number of aliphatic hydroxyl groups excluding tert-OH is 1. The molecule has 0 aliphatic heterocycles. The summed E-state index contributed by atoms with van der Waals surface area (Å²) in [6, 6.07) is 7.01. The molecular formula is C20H17F3N2O4S. The number of nitrogens with zero attached hydrogens (tertiary/aromatic N) is 1. The van der Waals surface area contributed by atoms with Crippen LogP contribution in [0.3, 0.4) is 0 Å². The van der Waals surface area contributed by atoms with E-state index in [-0.39, 0.29) is 12.2 Å². The quantitative estimate of drug-likeness (QED) is 0.573. The molecular weight excluding hydrogens is 421 g/mol. The molecule has 0 spiro atoms. The van der Waals surface area contributed by atoms with Gasteiger partial charge >= 0.3 is 12.1 Å². The number of halogens is 3. The molecule has 2 N–H and O–H groups in total. The molecule has 10 heteroatoms. The molecule has 30 heavy (non-hydrogen) atoms. The van der Waals surface area contributed by atoms with E-state index < -0.39 is 41.3 Å². The number of carbonyl (C=O) groups excluding carboxylic acids is 2. The lowest BCUT2D eigenvalue weighted by Gasteiger charge is -2.23. The van der Waals surface area contributed by atoms with Gasteiger partial charge in [0, 0.05) is 27.9 Å². The third-order valence-electron chi connectivity index (χ3n) is 4.31. The highest BCUT2D eigenvalue weighted by Crippen LogP contribution is 2.34. The Morgan fingerprint density at radius 2 is 2.00 bits per heavy atom. The Morgan fingerprint density at radius 3 is 2.70 bits per heavy atom. The average molecular weight is 438 g/mol. The Balaban J connectivity index is 1.91. The number of amides is 1. The van der Waals surface area contributed by atoms with Crippen molar-refractivity contribution in [2.75, 3.05) is 6.61 Å². The van der Waals surface area contributed by atoms with Gasteiger partial charge in [-0.2, -0.15) is 24.5 Å². The second-order valence-corrected chi connectivity index (χ2v) is 7.05. The van der Waals surface area contributed by atoms with E-state index in [4.69, 9.17) is 4.74 Å². The molecule has 0 bridgehead atoms. The number of pyridine rings is 1. The number of hydrogen-bond acceptors (Lipinski definition) is 6. The first-order valence-corrected chi connectivity index (χ1v) is 9.80. The van der Waals surface area contributed by atoms with Crippen LogP contribution in [0.25, 0.3) is 10.9 Å². The van der Waals surface area contributed by atoms with Crippen molar-refractivity contribution in [2.24, 2.45) is 0 Å². The minimum Gasteiger partial charge on any atom is -0.464 e. The zero-order valence-corrected chi connectivity index (χ0v) is 16.5.